The molecule has 0 amide bonds. The number of hydrogen-bond donors (Lipinski definition) is 2. The van der Waals surface area contributed by atoms with Crippen LogP contribution >= 0.6 is 0 Å². The van der Waals surface area contributed by atoms with Crippen LogP contribution in [-0.2, 0) is 0 Å². The highest BCUT2D eigenvalue weighted by atomic mass is 19.1. The Hall–Kier alpha value is -2.03. The van der Waals surface area contributed by atoms with E-state index in [1.807, 2.05) is 32.0 Å². The van der Waals surface area contributed by atoms with Crippen LogP contribution in [0.4, 0.5) is 10.1 Å². The normalized spacial score (nSPS) is 20.9. The molecule has 3 heteroatoms. The quantitative estimate of drug-likeness (QED) is 0.870. The number of hydrogen-bond acceptors (Lipinski definition) is 2. The number of rotatable bonds is 3. The molecule has 1 aliphatic carbocycles. The Kier molecular flexibility index (Phi) is 3.58. The van der Waals surface area contributed by atoms with E-state index in [0.717, 1.165) is 35.2 Å². The highest BCUT2D eigenvalue weighted by Crippen LogP contribution is 2.39. The molecule has 0 saturated heterocycles. The molecule has 2 N–H and O–H groups in total. The van der Waals surface area contributed by atoms with Crippen LogP contribution in [-0.4, -0.2) is 11.1 Å². The summed E-state index contributed by atoms with van der Waals surface area (Å²) in [6.45, 7) is 3.82. The first kappa shape index (κ1) is 13.9. The molecular formula is C18H20FNO. The van der Waals surface area contributed by atoms with Crippen molar-refractivity contribution < 1.29 is 9.50 Å². The summed E-state index contributed by atoms with van der Waals surface area (Å²) in [7, 11) is 0. The molecule has 3 rings (SSSR count). The highest BCUT2D eigenvalue weighted by molar-refractivity contribution is 5.59. The third-order valence-corrected chi connectivity index (χ3v) is 4.45. The minimum absolute atomic E-state index is 0.164. The molecule has 2 aromatic rings. The minimum Gasteiger partial charge on any atom is -0.507 e. The molecule has 0 unspecified atom stereocenters. The van der Waals surface area contributed by atoms with E-state index in [4.69, 9.17) is 0 Å². The van der Waals surface area contributed by atoms with E-state index in [9.17, 15) is 9.50 Å². The Morgan fingerprint density at radius 1 is 1.14 bits per heavy atom. The number of halogens is 1. The third kappa shape index (κ3) is 2.73. The lowest BCUT2D eigenvalue weighted by Gasteiger charge is -2.37. The van der Waals surface area contributed by atoms with Crippen molar-refractivity contribution >= 4 is 5.69 Å². The molecule has 0 bridgehead atoms. The van der Waals surface area contributed by atoms with Gasteiger partial charge in [-0.1, -0.05) is 18.2 Å². The van der Waals surface area contributed by atoms with Gasteiger partial charge in [-0.3, -0.25) is 0 Å². The van der Waals surface area contributed by atoms with Crippen LogP contribution in [0.5, 0.6) is 5.75 Å². The summed E-state index contributed by atoms with van der Waals surface area (Å²) in [5.74, 6) is 0.627. The predicted molar refractivity (Wildman–Crippen MR) is 83.4 cm³/mol. The van der Waals surface area contributed by atoms with Crippen LogP contribution in [0, 0.1) is 19.7 Å². The number of aromatic hydroxyl groups is 1. The highest BCUT2D eigenvalue weighted by Gasteiger charge is 2.30. The summed E-state index contributed by atoms with van der Waals surface area (Å²) in [4.78, 5) is 0. The second-order valence-electron chi connectivity index (χ2n) is 5.97. The zero-order chi connectivity index (χ0) is 15.0. The van der Waals surface area contributed by atoms with Crippen molar-refractivity contribution in [3.63, 3.8) is 0 Å². The van der Waals surface area contributed by atoms with E-state index < -0.39 is 0 Å². The van der Waals surface area contributed by atoms with Gasteiger partial charge in [0.2, 0.25) is 0 Å². The van der Waals surface area contributed by atoms with E-state index in [-0.39, 0.29) is 5.82 Å². The van der Waals surface area contributed by atoms with Crippen molar-refractivity contribution in [2.45, 2.75) is 38.6 Å². The standard InChI is InChI=1S/C18H20FNO/c1-11-6-7-17(12(2)18(11)21)20-16-9-14(10-16)13-4-3-5-15(19)8-13/h3-8,14,16,20-21H,9-10H2,1-2H3. The summed E-state index contributed by atoms with van der Waals surface area (Å²) in [5, 5.41) is 13.4. The maximum absolute atomic E-state index is 13.2. The Morgan fingerprint density at radius 3 is 2.62 bits per heavy atom. The molecule has 1 fully saturated rings. The summed E-state index contributed by atoms with van der Waals surface area (Å²) >= 11 is 0. The topological polar surface area (TPSA) is 32.3 Å². The van der Waals surface area contributed by atoms with Crippen molar-refractivity contribution in [2.75, 3.05) is 5.32 Å². The number of nitrogens with one attached hydrogen (secondary N) is 1. The zero-order valence-electron chi connectivity index (χ0n) is 12.4. The average Bonchev–Trinajstić information content (AvgIpc) is 2.42. The molecule has 2 nitrogen and oxygen atoms in total. The summed E-state index contributed by atoms with van der Waals surface area (Å²) in [6.07, 6.45) is 2.00. The molecule has 0 aromatic heterocycles. The minimum atomic E-state index is -0.164. The van der Waals surface area contributed by atoms with Gasteiger partial charge in [-0.15, -0.1) is 0 Å². The first-order valence-electron chi connectivity index (χ1n) is 7.35. The summed E-state index contributed by atoms with van der Waals surface area (Å²) < 4.78 is 13.2. The number of phenolic OH excluding ortho intramolecular Hbond substituents is 1. The van der Waals surface area contributed by atoms with Crippen molar-refractivity contribution in [1.29, 1.82) is 0 Å². The first-order chi connectivity index (χ1) is 10.0. The van der Waals surface area contributed by atoms with Gasteiger partial charge in [-0.2, -0.15) is 0 Å². The van der Waals surface area contributed by atoms with Gasteiger partial charge in [-0.25, -0.2) is 4.39 Å². The van der Waals surface area contributed by atoms with Crippen LogP contribution in [0.1, 0.15) is 35.4 Å². The van der Waals surface area contributed by atoms with Gasteiger partial charge in [-0.05, 0) is 61.9 Å². The van der Waals surface area contributed by atoms with Gasteiger partial charge >= 0.3 is 0 Å². The molecule has 2 aromatic carbocycles. The van der Waals surface area contributed by atoms with Crippen LogP contribution < -0.4 is 5.32 Å². The van der Waals surface area contributed by atoms with Crippen LogP contribution in [0.25, 0.3) is 0 Å². The predicted octanol–water partition coefficient (Wildman–Crippen LogP) is 4.51. The fourth-order valence-electron chi connectivity index (χ4n) is 2.98. The molecular weight excluding hydrogens is 265 g/mol. The van der Waals surface area contributed by atoms with Crippen LogP contribution in [0.15, 0.2) is 36.4 Å². The smallest absolute Gasteiger partial charge is 0.123 e. The fourth-order valence-corrected chi connectivity index (χ4v) is 2.98. The lowest BCUT2D eigenvalue weighted by Crippen LogP contribution is -2.34. The van der Waals surface area contributed by atoms with Gasteiger partial charge < -0.3 is 10.4 Å². The van der Waals surface area contributed by atoms with Gasteiger partial charge in [0.25, 0.3) is 0 Å². The summed E-state index contributed by atoms with van der Waals surface area (Å²) in [6, 6.07) is 11.2. The molecule has 1 saturated carbocycles. The number of aryl methyl sites for hydroxylation is 1. The Labute approximate surface area is 124 Å². The van der Waals surface area contributed by atoms with Crippen molar-refractivity contribution in [2.24, 2.45) is 0 Å². The maximum atomic E-state index is 13.2. The van der Waals surface area contributed by atoms with Gasteiger partial charge in [0, 0.05) is 17.3 Å². The number of phenols is 1. The Morgan fingerprint density at radius 2 is 1.90 bits per heavy atom. The number of benzene rings is 2. The van der Waals surface area contributed by atoms with Gasteiger partial charge in [0.05, 0.1) is 0 Å². The third-order valence-electron chi connectivity index (χ3n) is 4.45. The van der Waals surface area contributed by atoms with E-state index >= 15 is 0 Å². The molecule has 0 aliphatic heterocycles. The van der Waals surface area contributed by atoms with E-state index in [1.54, 1.807) is 12.1 Å². The largest absolute Gasteiger partial charge is 0.507 e. The van der Waals surface area contributed by atoms with E-state index in [0.29, 0.717) is 17.7 Å². The van der Waals surface area contributed by atoms with Crippen LogP contribution in [0.2, 0.25) is 0 Å². The maximum Gasteiger partial charge on any atom is 0.123 e. The number of anilines is 1. The van der Waals surface area contributed by atoms with Crippen molar-refractivity contribution in [1.82, 2.24) is 0 Å². The Balaban J connectivity index is 1.64. The van der Waals surface area contributed by atoms with Gasteiger partial charge in [0.15, 0.2) is 0 Å². The second kappa shape index (κ2) is 5.40. The van der Waals surface area contributed by atoms with Crippen molar-refractivity contribution in [3.8, 4) is 5.75 Å². The molecule has 0 heterocycles. The second-order valence-corrected chi connectivity index (χ2v) is 5.97. The lowest BCUT2D eigenvalue weighted by atomic mass is 9.75. The fraction of sp³-hybridized carbons (Fsp3) is 0.333. The molecule has 110 valence electrons. The summed E-state index contributed by atoms with van der Waals surface area (Å²) in [5.41, 5.74) is 3.85. The molecule has 0 atom stereocenters. The zero-order valence-corrected chi connectivity index (χ0v) is 12.4. The average molecular weight is 285 g/mol. The molecule has 0 radical (unpaired) electrons. The van der Waals surface area contributed by atoms with Gasteiger partial charge in [0.1, 0.15) is 11.6 Å². The lowest BCUT2D eigenvalue weighted by molar-refractivity contribution is 0.372. The Bertz CT molecular complexity index is 662. The SMILES string of the molecule is Cc1ccc(NC2CC(c3cccc(F)c3)C2)c(C)c1O. The molecule has 0 spiro atoms. The van der Waals surface area contributed by atoms with Crippen molar-refractivity contribution in [3.05, 3.63) is 58.9 Å². The van der Waals surface area contributed by atoms with E-state index in [2.05, 4.69) is 5.32 Å². The molecule has 1 aliphatic rings. The van der Waals surface area contributed by atoms with Crippen LogP contribution in [0.3, 0.4) is 0 Å². The first-order valence-corrected chi connectivity index (χ1v) is 7.35. The van der Waals surface area contributed by atoms with E-state index in [1.165, 1.54) is 6.07 Å². The monoisotopic (exact) mass is 285 g/mol. The molecule has 21 heavy (non-hydrogen) atoms.